The summed E-state index contributed by atoms with van der Waals surface area (Å²) >= 11 is 0. The Kier molecular flexibility index (Phi) is 3.25. The first-order chi connectivity index (χ1) is 6.65. The summed E-state index contributed by atoms with van der Waals surface area (Å²) in [6.45, 7) is 1.90. The number of rotatable bonds is 3. The van der Waals surface area contributed by atoms with E-state index in [1.807, 2.05) is 37.3 Å². The van der Waals surface area contributed by atoms with Gasteiger partial charge in [0.25, 0.3) is 0 Å². The molecule has 0 bridgehead atoms. The van der Waals surface area contributed by atoms with Crippen LogP contribution in [0.2, 0.25) is 0 Å². The normalized spacial score (nSPS) is 14.5. The fourth-order valence-corrected chi connectivity index (χ4v) is 1.45. The van der Waals surface area contributed by atoms with Crippen LogP contribution < -0.4 is 11.1 Å². The van der Waals surface area contributed by atoms with Crippen LogP contribution in [-0.2, 0) is 10.3 Å². The van der Waals surface area contributed by atoms with Gasteiger partial charge < -0.3 is 11.1 Å². The molecule has 1 atom stereocenters. The van der Waals surface area contributed by atoms with E-state index in [1.165, 1.54) is 0 Å². The van der Waals surface area contributed by atoms with Gasteiger partial charge in [0.1, 0.15) is 5.54 Å². The quantitative estimate of drug-likeness (QED) is 0.750. The number of nitrogens with one attached hydrogen (secondary N) is 1. The number of hydrogen-bond donors (Lipinski definition) is 2. The smallest absolute Gasteiger partial charge is 0.244 e. The maximum absolute atomic E-state index is 11.6. The summed E-state index contributed by atoms with van der Waals surface area (Å²) in [5.74, 6) is -0.147. The van der Waals surface area contributed by atoms with Crippen molar-refractivity contribution < 1.29 is 4.79 Å². The van der Waals surface area contributed by atoms with Crippen LogP contribution in [0, 0.1) is 0 Å². The maximum Gasteiger partial charge on any atom is 0.244 e. The molecular weight excluding hydrogens is 176 g/mol. The van der Waals surface area contributed by atoms with Crippen LogP contribution >= 0.6 is 0 Å². The van der Waals surface area contributed by atoms with E-state index in [4.69, 9.17) is 5.73 Å². The third-order valence-electron chi connectivity index (χ3n) is 2.48. The Hall–Kier alpha value is -1.35. The van der Waals surface area contributed by atoms with Crippen molar-refractivity contribution in [1.82, 2.24) is 5.32 Å². The number of carbonyl (C=O) groups is 1. The number of amides is 1. The van der Waals surface area contributed by atoms with E-state index in [9.17, 15) is 4.79 Å². The molecule has 1 amide bonds. The van der Waals surface area contributed by atoms with E-state index in [0.29, 0.717) is 6.42 Å². The molecule has 14 heavy (non-hydrogen) atoms. The van der Waals surface area contributed by atoms with Crippen LogP contribution in [0.3, 0.4) is 0 Å². The van der Waals surface area contributed by atoms with E-state index in [-0.39, 0.29) is 5.91 Å². The number of hydrogen-bond acceptors (Lipinski definition) is 2. The van der Waals surface area contributed by atoms with Gasteiger partial charge >= 0.3 is 0 Å². The molecule has 0 aliphatic rings. The van der Waals surface area contributed by atoms with Gasteiger partial charge in [-0.15, -0.1) is 0 Å². The van der Waals surface area contributed by atoms with Crippen molar-refractivity contribution in [2.24, 2.45) is 5.73 Å². The Balaban J connectivity index is 3.08. The highest BCUT2D eigenvalue weighted by Gasteiger charge is 2.32. The zero-order chi connectivity index (χ0) is 10.6. The van der Waals surface area contributed by atoms with Gasteiger partial charge in [0.2, 0.25) is 5.91 Å². The Labute approximate surface area is 84.3 Å². The summed E-state index contributed by atoms with van der Waals surface area (Å²) in [4.78, 5) is 11.6. The molecule has 0 saturated carbocycles. The van der Waals surface area contributed by atoms with Crippen molar-refractivity contribution in [2.45, 2.75) is 18.9 Å². The molecule has 0 spiro atoms. The van der Waals surface area contributed by atoms with Crippen molar-refractivity contribution in [3.63, 3.8) is 0 Å². The van der Waals surface area contributed by atoms with Crippen LogP contribution in [0.5, 0.6) is 0 Å². The second kappa shape index (κ2) is 4.24. The molecule has 0 aromatic heterocycles. The minimum Gasteiger partial charge on any atom is -0.357 e. The van der Waals surface area contributed by atoms with Crippen LogP contribution in [0.1, 0.15) is 18.9 Å². The largest absolute Gasteiger partial charge is 0.357 e. The lowest BCUT2D eigenvalue weighted by Gasteiger charge is -2.26. The van der Waals surface area contributed by atoms with Gasteiger partial charge in [-0.05, 0) is 12.0 Å². The van der Waals surface area contributed by atoms with Crippen LogP contribution in [0.15, 0.2) is 30.3 Å². The summed E-state index contributed by atoms with van der Waals surface area (Å²) in [5, 5.41) is 2.59. The lowest BCUT2D eigenvalue weighted by molar-refractivity contribution is -0.126. The van der Waals surface area contributed by atoms with Gasteiger partial charge in [-0.2, -0.15) is 0 Å². The average Bonchev–Trinajstić information content (AvgIpc) is 2.28. The summed E-state index contributed by atoms with van der Waals surface area (Å²) in [7, 11) is 1.60. The van der Waals surface area contributed by atoms with Gasteiger partial charge in [-0.3, -0.25) is 4.79 Å². The predicted octanol–water partition coefficient (Wildman–Crippen LogP) is 0.997. The minimum absolute atomic E-state index is 0.147. The fraction of sp³-hybridized carbons (Fsp3) is 0.364. The third kappa shape index (κ3) is 1.77. The molecule has 1 unspecified atom stereocenters. The number of carbonyl (C=O) groups excluding carboxylic acids is 1. The fourth-order valence-electron chi connectivity index (χ4n) is 1.45. The zero-order valence-electron chi connectivity index (χ0n) is 8.58. The second-order valence-electron chi connectivity index (χ2n) is 3.27. The molecule has 0 heterocycles. The molecule has 0 fully saturated rings. The Morgan fingerprint density at radius 3 is 2.43 bits per heavy atom. The lowest BCUT2D eigenvalue weighted by atomic mass is 9.87. The highest BCUT2D eigenvalue weighted by molar-refractivity contribution is 5.87. The lowest BCUT2D eigenvalue weighted by Crippen LogP contribution is -2.49. The molecule has 0 radical (unpaired) electrons. The first-order valence-electron chi connectivity index (χ1n) is 4.71. The molecule has 0 saturated heterocycles. The van der Waals surface area contributed by atoms with Crippen molar-refractivity contribution in [3.05, 3.63) is 35.9 Å². The Morgan fingerprint density at radius 1 is 1.43 bits per heavy atom. The van der Waals surface area contributed by atoms with Crippen molar-refractivity contribution >= 4 is 5.91 Å². The van der Waals surface area contributed by atoms with Gasteiger partial charge in [0.05, 0.1) is 0 Å². The number of nitrogens with two attached hydrogens (primary N) is 1. The van der Waals surface area contributed by atoms with E-state index in [2.05, 4.69) is 5.32 Å². The highest BCUT2D eigenvalue weighted by atomic mass is 16.2. The van der Waals surface area contributed by atoms with Crippen molar-refractivity contribution in [1.29, 1.82) is 0 Å². The first-order valence-corrected chi connectivity index (χ1v) is 4.71. The number of likely N-dealkylation sites (N-methyl/N-ethyl adjacent to an activating group) is 1. The second-order valence-corrected chi connectivity index (χ2v) is 3.27. The Morgan fingerprint density at radius 2 is 2.00 bits per heavy atom. The van der Waals surface area contributed by atoms with Crippen molar-refractivity contribution in [2.75, 3.05) is 7.05 Å². The van der Waals surface area contributed by atoms with Gasteiger partial charge in [0.15, 0.2) is 0 Å². The van der Waals surface area contributed by atoms with E-state index >= 15 is 0 Å². The summed E-state index contributed by atoms with van der Waals surface area (Å²) in [6, 6.07) is 9.42. The molecule has 76 valence electrons. The molecule has 1 aromatic rings. The Bertz CT molecular complexity index is 310. The predicted molar refractivity (Wildman–Crippen MR) is 56.7 cm³/mol. The topological polar surface area (TPSA) is 55.1 Å². The molecule has 0 aliphatic carbocycles. The minimum atomic E-state index is -0.907. The van der Waals surface area contributed by atoms with E-state index < -0.39 is 5.54 Å². The zero-order valence-corrected chi connectivity index (χ0v) is 8.58. The maximum atomic E-state index is 11.6. The van der Waals surface area contributed by atoms with Gasteiger partial charge in [-0.25, -0.2) is 0 Å². The molecule has 1 rings (SSSR count). The molecule has 3 N–H and O–H groups in total. The molecule has 1 aromatic carbocycles. The van der Waals surface area contributed by atoms with Gasteiger partial charge in [0, 0.05) is 7.05 Å². The molecule has 3 nitrogen and oxygen atoms in total. The monoisotopic (exact) mass is 192 g/mol. The van der Waals surface area contributed by atoms with Crippen molar-refractivity contribution in [3.8, 4) is 0 Å². The summed E-state index contributed by atoms with van der Waals surface area (Å²) in [5.41, 5.74) is 6.00. The summed E-state index contributed by atoms with van der Waals surface area (Å²) in [6.07, 6.45) is 0.580. The van der Waals surface area contributed by atoms with E-state index in [1.54, 1.807) is 7.05 Å². The number of benzene rings is 1. The SMILES string of the molecule is CCC(N)(C(=O)NC)c1ccccc1. The molecule has 0 aliphatic heterocycles. The van der Waals surface area contributed by atoms with Gasteiger partial charge in [-0.1, -0.05) is 37.3 Å². The summed E-state index contributed by atoms with van der Waals surface area (Å²) < 4.78 is 0. The van der Waals surface area contributed by atoms with Crippen LogP contribution in [-0.4, -0.2) is 13.0 Å². The average molecular weight is 192 g/mol. The third-order valence-corrected chi connectivity index (χ3v) is 2.48. The first kappa shape index (κ1) is 10.7. The van der Waals surface area contributed by atoms with E-state index in [0.717, 1.165) is 5.56 Å². The van der Waals surface area contributed by atoms with Crippen LogP contribution in [0.25, 0.3) is 0 Å². The molecular formula is C11H16N2O. The molecule has 3 heteroatoms. The standard InChI is InChI=1S/C11H16N2O/c1-3-11(12,10(14)13-2)9-7-5-4-6-8-9/h4-8H,3,12H2,1-2H3,(H,13,14). The highest BCUT2D eigenvalue weighted by Crippen LogP contribution is 2.21. The van der Waals surface area contributed by atoms with Crippen LogP contribution in [0.4, 0.5) is 0 Å².